The minimum atomic E-state index is -0.197. The standard InChI is InChI=1S/C13H20N2O3/c14-8-11-4-5-12(18-11)13(16)15-6-1-7-17-9-10-2-3-10/h4-5,10H,1-3,6-9,14H2,(H,15,16). The monoisotopic (exact) mass is 252 g/mol. The first-order chi connectivity index (χ1) is 8.79. The maximum atomic E-state index is 11.6. The minimum absolute atomic E-state index is 0.197. The number of hydrogen-bond acceptors (Lipinski definition) is 4. The van der Waals surface area contributed by atoms with E-state index in [2.05, 4.69) is 5.32 Å². The number of nitrogens with one attached hydrogen (secondary N) is 1. The average molecular weight is 252 g/mol. The predicted octanol–water partition coefficient (Wildman–Crippen LogP) is 1.28. The fraction of sp³-hybridized carbons (Fsp3) is 0.615. The molecule has 0 bridgehead atoms. The average Bonchev–Trinajstić information content (AvgIpc) is 3.07. The van der Waals surface area contributed by atoms with Crippen LogP contribution in [0.5, 0.6) is 0 Å². The number of ether oxygens (including phenoxy) is 1. The van der Waals surface area contributed by atoms with Crippen molar-refractivity contribution < 1.29 is 13.9 Å². The van der Waals surface area contributed by atoms with E-state index in [0.29, 0.717) is 31.2 Å². The summed E-state index contributed by atoms with van der Waals surface area (Å²) < 4.78 is 10.7. The first kappa shape index (κ1) is 13.1. The Kier molecular flexibility index (Phi) is 4.78. The normalized spacial score (nSPS) is 14.7. The summed E-state index contributed by atoms with van der Waals surface area (Å²) in [7, 11) is 0. The van der Waals surface area contributed by atoms with Gasteiger partial charge in [-0.25, -0.2) is 0 Å². The minimum Gasteiger partial charge on any atom is -0.455 e. The topological polar surface area (TPSA) is 77.5 Å². The number of nitrogens with two attached hydrogens (primary N) is 1. The maximum absolute atomic E-state index is 11.6. The molecule has 5 nitrogen and oxygen atoms in total. The first-order valence-corrected chi connectivity index (χ1v) is 6.44. The van der Waals surface area contributed by atoms with Crippen LogP contribution >= 0.6 is 0 Å². The quantitative estimate of drug-likeness (QED) is 0.683. The zero-order valence-corrected chi connectivity index (χ0v) is 10.5. The van der Waals surface area contributed by atoms with E-state index in [4.69, 9.17) is 14.9 Å². The molecule has 18 heavy (non-hydrogen) atoms. The molecule has 100 valence electrons. The summed E-state index contributed by atoms with van der Waals surface area (Å²) in [4.78, 5) is 11.6. The second-order valence-electron chi connectivity index (χ2n) is 4.60. The van der Waals surface area contributed by atoms with Gasteiger partial charge in [0.25, 0.3) is 5.91 Å². The van der Waals surface area contributed by atoms with Crippen molar-refractivity contribution in [1.82, 2.24) is 5.32 Å². The van der Waals surface area contributed by atoms with Crippen LogP contribution in [0.1, 0.15) is 35.6 Å². The van der Waals surface area contributed by atoms with Crippen LogP contribution in [0.3, 0.4) is 0 Å². The van der Waals surface area contributed by atoms with E-state index in [9.17, 15) is 4.79 Å². The van der Waals surface area contributed by atoms with Gasteiger partial charge in [-0.15, -0.1) is 0 Å². The van der Waals surface area contributed by atoms with Gasteiger partial charge in [-0.3, -0.25) is 4.79 Å². The molecule has 2 rings (SSSR count). The number of furan rings is 1. The second kappa shape index (κ2) is 6.56. The van der Waals surface area contributed by atoms with Gasteiger partial charge in [0.15, 0.2) is 5.76 Å². The molecule has 1 aromatic rings. The highest BCUT2D eigenvalue weighted by molar-refractivity contribution is 5.91. The summed E-state index contributed by atoms with van der Waals surface area (Å²) in [6, 6.07) is 3.36. The number of carbonyl (C=O) groups excluding carboxylic acids is 1. The molecule has 5 heteroatoms. The lowest BCUT2D eigenvalue weighted by molar-refractivity contribution is 0.0909. The Balaban J connectivity index is 1.56. The molecule has 0 unspecified atom stereocenters. The smallest absolute Gasteiger partial charge is 0.286 e. The zero-order chi connectivity index (χ0) is 12.8. The van der Waals surface area contributed by atoms with Crippen LogP contribution in [0.15, 0.2) is 16.5 Å². The van der Waals surface area contributed by atoms with Crippen molar-refractivity contribution in [3.05, 3.63) is 23.7 Å². The van der Waals surface area contributed by atoms with E-state index >= 15 is 0 Å². The van der Waals surface area contributed by atoms with Crippen molar-refractivity contribution in [3.8, 4) is 0 Å². The van der Waals surface area contributed by atoms with Gasteiger partial charge in [-0.2, -0.15) is 0 Å². The molecule has 1 aromatic heterocycles. The van der Waals surface area contributed by atoms with Gasteiger partial charge in [-0.1, -0.05) is 0 Å². The molecular formula is C13H20N2O3. The summed E-state index contributed by atoms with van der Waals surface area (Å²) in [5.74, 6) is 1.52. The fourth-order valence-electron chi connectivity index (χ4n) is 1.61. The maximum Gasteiger partial charge on any atom is 0.286 e. The molecule has 1 aliphatic carbocycles. The van der Waals surface area contributed by atoms with Gasteiger partial charge in [0, 0.05) is 19.8 Å². The molecule has 1 amide bonds. The predicted molar refractivity (Wildman–Crippen MR) is 67.1 cm³/mol. The van der Waals surface area contributed by atoms with Gasteiger partial charge in [0.1, 0.15) is 5.76 Å². The summed E-state index contributed by atoms with van der Waals surface area (Å²) in [5, 5.41) is 2.79. The third-order valence-electron chi connectivity index (χ3n) is 2.89. The van der Waals surface area contributed by atoms with Crippen molar-refractivity contribution in [2.75, 3.05) is 19.8 Å². The van der Waals surface area contributed by atoms with Gasteiger partial charge >= 0.3 is 0 Å². The summed E-state index contributed by atoms with van der Waals surface area (Å²) >= 11 is 0. The van der Waals surface area contributed by atoms with Crippen LogP contribution in [-0.2, 0) is 11.3 Å². The Morgan fingerprint density at radius 2 is 2.33 bits per heavy atom. The Labute approximate surface area is 107 Å². The molecule has 1 saturated carbocycles. The largest absolute Gasteiger partial charge is 0.455 e. The zero-order valence-electron chi connectivity index (χ0n) is 10.5. The molecular weight excluding hydrogens is 232 g/mol. The van der Waals surface area contributed by atoms with Crippen LogP contribution in [0.2, 0.25) is 0 Å². The lowest BCUT2D eigenvalue weighted by atomic mass is 10.4. The molecule has 0 aromatic carbocycles. The van der Waals surface area contributed by atoms with Crippen LogP contribution in [0.25, 0.3) is 0 Å². The second-order valence-corrected chi connectivity index (χ2v) is 4.60. The Morgan fingerprint density at radius 3 is 3.00 bits per heavy atom. The molecule has 0 aliphatic heterocycles. The van der Waals surface area contributed by atoms with Crippen molar-refractivity contribution in [2.45, 2.75) is 25.8 Å². The van der Waals surface area contributed by atoms with E-state index < -0.39 is 0 Å². The van der Waals surface area contributed by atoms with Crippen LogP contribution in [0, 0.1) is 5.92 Å². The first-order valence-electron chi connectivity index (χ1n) is 6.44. The van der Waals surface area contributed by atoms with Crippen LogP contribution in [0.4, 0.5) is 0 Å². The van der Waals surface area contributed by atoms with Crippen molar-refractivity contribution in [3.63, 3.8) is 0 Å². The molecule has 1 heterocycles. The van der Waals surface area contributed by atoms with E-state index in [-0.39, 0.29) is 5.91 Å². The highest BCUT2D eigenvalue weighted by Crippen LogP contribution is 2.28. The molecule has 0 atom stereocenters. The highest BCUT2D eigenvalue weighted by Gasteiger charge is 2.20. The lowest BCUT2D eigenvalue weighted by Gasteiger charge is -2.04. The number of carbonyl (C=O) groups is 1. The number of hydrogen-bond donors (Lipinski definition) is 2. The fourth-order valence-corrected chi connectivity index (χ4v) is 1.61. The van der Waals surface area contributed by atoms with Gasteiger partial charge < -0.3 is 20.2 Å². The number of amides is 1. The molecule has 0 radical (unpaired) electrons. The van der Waals surface area contributed by atoms with Crippen molar-refractivity contribution in [2.24, 2.45) is 11.7 Å². The molecule has 1 fully saturated rings. The molecule has 3 N–H and O–H groups in total. The third kappa shape index (κ3) is 4.16. The van der Waals surface area contributed by atoms with E-state index in [1.807, 2.05) is 0 Å². The van der Waals surface area contributed by atoms with E-state index in [0.717, 1.165) is 18.9 Å². The summed E-state index contributed by atoms with van der Waals surface area (Å²) in [6.45, 7) is 2.47. The van der Waals surface area contributed by atoms with Crippen molar-refractivity contribution >= 4 is 5.91 Å². The summed E-state index contributed by atoms with van der Waals surface area (Å²) in [5.41, 5.74) is 5.41. The third-order valence-corrected chi connectivity index (χ3v) is 2.89. The Bertz CT molecular complexity index is 385. The molecule has 1 aliphatic rings. The van der Waals surface area contributed by atoms with Gasteiger partial charge in [0.05, 0.1) is 6.54 Å². The number of rotatable bonds is 8. The van der Waals surface area contributed by atoms with Crippen molar-refractivity contribution in [1.29, 1.82) is 0 Å². The molecule has 0 saturated heterocycles. The SMILES string of the molecule is NCc1ccc(C(=O)NCCCOCC2CC2)o1. The van der Waals surface area contributed by atoms with Crippen LogP contribution in [-0.4, -0.2) is 25.7 Å². The Morgan fingerprint density at radius 1 is 1.50 bits per heavy atom. The Hall–Kier alpha value is -1.33. The lowest BCUT2D eigenvalue weighted by Crippen LogP contribution is -2.24. The summed E-state index contributed by atoms with van der Waals surface area (Å²) in [6.07, 6.45) is 3.43. The van der Waals surface area contributed by atoms with E-state index in [1.165, 1.54) is 12.8 Å². The molecule has 0 spiro atoms. The van der Waals surface area contributed by atoms with Gasteiger partial charge in [0.2, 0.25) is 0 Å². The van der Waals surface area contributed by atoms with E-state index in [1.54, 1.807) is 12.1 Å². The van der Waals surface area contributed by atoms with Crippen LogP contribution < -0.4 is 11.1 Å². The highest BCUT2D eigenvalue weighted by atomic mass is 16.5. The van der Waals surface area contributed by atoms with Gasteiger partial charge in [-0.05, 0) is 37.3 Å².